The number of amides is 9. The highest BCUT2D eigenvalue weighted by atomic mass is 16.2. The fourth-order valence-electron chi connectivity index (χ4n) is 8.16. The zero-order chi connectivity index (χ0) is 54.2. The highest BCUT2D eigenvalue weighted by molar-refractivity contribution is 5.98. The molecule has 9 amide bonds. The van der Waals surface area contributed by atoms with Crippen LogP contribution in [0.25, 0.3) is 10.9 Å². The van der Waals surface area contributed by atoms with Crippen molar-refractivity contribution in [2.45, 2.75) is 133 Å². The van der Waals surface area contributed by atoms with E-state index >= 15 is 0 Å². The van der Waals surface area contributed by atoms with Crippen LogP contribution in [0.4, 0.5) is 0 Å². The number of unbranched alkanes of at least 4 members (excludes halogenated alkanes) is 1. The highest BCUT2D eigenvalue weighted by Crippen LogP contribution is 2.19. The van der Waals surface area contributed by atoms with Gasteiger partial charge in [0.05, 0.1) is 0 Å². The van der Waals surface area contributed by atoms with Crippen molar-refractivity contribution in [3.05, 3.63) is 71.9 Å². The maximum Gasteiger partial charge on any atom is 0.243 e. The normalized spacial score (nSPS) is 20.0. The lowest BCUT2D eigenvalue weighted by molar-refractivity contribution is -0.136. The van der Waals surface area contributed by atoms with Gasteiger partial charge in [0.1, 0.15) is 42.3 Å². The molecule has 25 nitrogen and oxygen atoms in total. The third-order valence-electron chi connectivity index (χ3n) is 12.1. The molecule has 7 atom stereocenters. The second kappa shape index (κ2) is 29.9. The molecule has 402 valence electrons. The molecule has 3 aromatic rings. The summed E-state index contributed by atoms with van der Waals surface area (Å²) in [6, 6.07) is 6.67. The molecular formula is C49H72N16O9. The first-order chi connectivity index (χ1) is 35.3. The summed E-state index contributed by atoms with van der Waals surface area (Å²) in [5.41, 5.74) is 30.1. The first-order valence-electron chi connectivity index (χ1n) is 24.7. The highest BCUT2D eigenvalue weighted by Gasteiger charge is 2.35. The molecule has 2 aromatic carbocycles. The van der Waals surface area contributed by atoms with Gasteiger partial charge in [0.25, 0.3) is 0 Å². The number of aromatic nitrogens is 1. The number of fused-ring (bicyclic) bond motifs is 1. The van der Waals surface area contributed by atoms with Crippen LogP contribution in [0.15, 0.2) is 70.8 Å². The molecule has 0 bridgehead atoms. The van der Waals surface area contributed by atoms with Crippen LogP contribution in [-0.4, -0.2) is 132 Å². The van der Waals surface area contributed by atoms with Gasteiger partial charge in [-0.3, -0.25) is 53.1 Å². The van der Waals surface area contributed by atoms with Crippen LogP contribution < -0.4 is 71.2 Å². The standard InChI is InChI=1S/C49H72N16O9/c1-3-4-15-33(59-28(2)66)42(69)62-36-19-20-40(67)55-24-21-37(46(73)64-38(41(50)68)26-30-27-58-32-16-9-8-14-31(30)32)63-43(70)34(17-10-22-56-48(51)52)61-47(74)39(25-29-12-6-5-7-13-29)65-44(71)35(60-45(36)72)18-11-23-57-49(53)54/h5-9,12-14,16,27,33-39,58H,3-4,10-11,15,17-26H2,1-2H3,(H2,50,68)(H,55,67)(H,59,66)(H,60,72)(H,61,74)(H,62,69)(H,63,70)(H,64,73)(H,65,71)(H4,51,52,56)(H4,53,54,57). The van der Waals surface area contributed by atoms with E-state index in [4.69, 9.17) is 28.7 Å². The Kier molecular flexibility index (Phi) is 23.6. The smallest absolute Gasteiger partial charge is 0.243 e. The number of nitrogens with two attached hydrogens (primary N) is 5. The lowest BCUT2D eigenvalue weighted by atomic mass is 10.0. The maximum atomic E-state index is 14.5. The number of hydrogen-bond donors (Lipinski definition) is 14. The largest absolute Gasteiger partial charge is 0.370 e. The minimum Gasteiger partial charge on any atom is -0.370 e. The Morgan fingerprint density at radius 3 is 1.92 bits per heavy atom. The number of guanidine groups is 2. The monoisotopic (exact) mass is 1030 g/mol. The first kappa shape index (κ1) is 58.3. The van der Waals surface area contributed by atoms with Crippen LogP contribution in [0.5, 0.6) is 0 Å². The molecule has 19 N–H and O–H groups in total. The Morgan fingerprint density at radius 1 is 0.703 bits per heavy atom. The summed E-state index contributed by atoms with van der Waals surface area (Å²) in [6.45, 7) is 3.01. The molecule has 4 rings (SSSR count). The van der Waals surface area contributed by atoms with Gasteiger partial charge in [-0.2, -0.15) is 0 Å². The quantitative estimate of drug-likeness (QED) is 0.0297. The van der Waals surface area contributed by atoms with Crippen LogP contribution in [0.1, 0.15) is 89.2 Å². The van der Waals surface area contributed by atoms with Crippen molar-refractivity contribution >= 4 is 76.0 Å². The molecule has 74 heavy (non-hydrogen) atoms. The van der Waals surface area contributed by atoms with Gasteiger partial charge in [-0.25, -0.2) is 0 Å². The number of para-hydroxylation sites is 1. The molecule has 0 aliphatic carbocycles. The zero-order valence-corrected chi connectivity index (χ0v) is 41.9. The topological polar surface area (TPSA) is 420 Å². The van der Waals surface area contributed by atoms with Crippen molar-refractivity contribution in [2.24, 2.45) is 38.7 Å². The molecule has 1 aliphatic heterocycles. The number of carbonyl (C=O) groups excluding carboxylic acids is 9. The van der Waals surface area contributed by atoms with E-state index in [1.165, 1.54) is 6.92 Å². The fourth-order valence-corrected chi connectivity index (χ4v) is 8.16. The number of aromatic amines is 1. The van der Waals surface area contributed by atoms with E-state index in [0.717, 1.165) is 10.9 Å². The van der Waals surface area contributed by atoms with Gasteiger partial charge in [0.2, 0.25) is 53.2 Å². The maximum absolute atomic E-state index is 14.5. The predicted octanol–water partition coefficient (Wildman–Crippen LogP) is -2.55. The Bertz CT molecular complexity index is 2470. The van der Waals surface area contributed by atoms with Gasteiger partial charge < -0.3 is 76.2 Å². The zero-order valence-electron chi connectivity index (χ0n) is 41.9. The SMILES string of the molecule is CCCCC(NC(C)=O)C(=O)NC1CCC(=O)NCCC(C(=O)NC(Cc2c[nH]c3ccccc23)C(N)=O)NC(=O)C(CCCN=C(N)N)NC(=O)C(Cc2ccccc2)NC(=O)C(CCCN=C(N)N)NC1=O. The van der Waals surface area contributed by atoms with E-state index in [-0.39, 0.29) is 95.8 Å². The minimum atomic E-state index is -1.45. The fraction of sp³-hybridized carbons (Fsp3) is 0.490. The van der Waals surface area contributed by atoms with Crippen LogP contribution in [0, 0.1) is 0 Å². The van der Waals surface area contributed by atoms with E-state index < -0.39 is 95.5 Å². The second-order valence-electron chi connectivity index (χ2n) is 18.0. The third kappa shape index (κ3) is 19.7. The minimum absolute atomic E-state index is 0.0208. The van der Waals surface area contributed by atoms with E-state index in [0.29, 0.717) is 24.0 Å². The molecule has 7 unspecified atom stereocenters. The van der Waals surface area contributed by atoms with Gasteiger partial charge in [0, 0.05) is 62.9 Å². The first-order valence-corrected chi connectivity index (χ1v) is 24.7. The molecule has 2 heterocycles. The summed E-state index contributed by atoms with van der Waals surface area (Å²) in [4.78, 5) is 135. The van der Waals surface area contributed by atoms with Crippen molar-refractivity contribution in [3.8, 4) is 0 Å². The summed E-state index contributed by atoms with van der Waals surface area (Å²) < 4.78 is 0. The number of hydrogen-bond acceptors (Lipinski definition) is 11. The predicted molar refractivity (Wildman–Crippen MR) is 277 cm³/mol. The third-order valence-corrected chi connectivity index (χ3v) is 12.1. The molecule has 0 spiro atoms. The molecule has 1 aliphatic rings. The second-order valence-corrected chi connectivity index (χ2v) is 18.0. The number of nitrogens with one attached hydrogen (secondary N) is 9. The van der Waals surface area contributed by atoms with Gasteiger partial charge in [-0.15, -0.1) is 0 Å². The Balaban J connectivity index is 1.76. The molecule has 1 aromatic heterocycles. The van der Waals surface area contributed by atoms with Crippen LogP contribution in [0.3, 0.4) is 0 Å². The van der Waals surface area contributed by atoms with Crippen LogP contribution in [-0.2, 0) is 56.0 Å². The number of carbonyl (C=O) groups is 9. The lowest BCUT2D eigenvalue weighted by Gasteiger charge is -2.28. The molecule has 0 radical (unpaired) electrons. The van der Waals surface area contributed by atoms with Gasteiger partial charge in [-0.1, -0.05) is 68.3 Å². The summed E-state index contributed by atoms with van der Waals surface area (Å²) >= 11 is 0. The van der Waals surface area contributed by atoms with E-state index in [1.54, 1.807) is 36.5 Å². The van der Waals surface area contributed by atoms with Gasteiger partial charge >= 0.3 is 0 Å². The summed E-state index contributed by atoms with van der Waals surface area (Å²) in [6.07, 6.45) is 2.29. The van der Waals surface area contributed by atoms with Crippen LogP contribution in [0.2, 0.25) is 0 Å². The lowest BCUT2D eigenvalue weighted by Crippen LogP contribution is -2.60. The molecule has 1 fully saturated rings. The number of rotatable bonds is 21. The summed E-state index contributed by atoms with van der Waals surface area (Å²) in [5, 5.41) is 22.2. The van der Waals surface area contributed by atoms with Crippen molar-refractivity contribution in [1.29, 1.82) is 0 Å². The van der Waals surface area contributed by atoms with Gasteiger partial charge in [-0.05, 0) is 62.1 Å². The number of nitrogens with zero attached hydrogens (tertiary/aromatic N) is 2. The van der Waals surface area contributed by atoms with Crippen molar-refractivity contribution in [2.75, 3.05) is 19.6 Å². The summed E-state index contributed by atoms with van der Waals surface area (Å²) in [5.74, 6) is -7.33. The molecule has 0 saturated carbocycles. The van der Waals surface area contributed by atoms with E-state index in [9.17, 15) is 43.2 Å². The molecular weight excluding hydrogens is 957 g/mol. The molecule has 25 heteroatoms. The average Bonchev–Trinajstić information content (AvgIpc) is 3.76. The summed E-state index contributed by atoms with van der Waals surface area (Å²) in [7, 11) is 0. The Hall–Kier alpha value is -8.25. The number of benzene rings is 2. The van der Waals surface area contributed by atoms with Crippen molar-refractivity contribution in [1.82, 2.24) is 47.5 Å². The van der Waals surface area contributed by atoms with E-state index in [2.05, 4.69) is 57.5 Å². The number of primary amides is 1. The average molecular weight is 1030 g/mol. The van der Waals surface area contributed by atoms with Crippen molar-refractivity contribution in [3.63, 3.8) is 0 Å². The Labute approximate surface area is 428 Å². The number of aliphatic imine (C=N–C) groups is 2. The van der Waals surface area contributed by atoms with Crippen molar-refractivity contribution < 1.29 is 43.2 Å². The number of H-pyrrole nitrogens is 1. The Morgan fingerprint density at radius 2 is 1.30 bits per heavy atom. The van der Waals surface area contributed by atoms with E-state index in [1.807, 2.05) is 31.2 Å². The van der Waals surface area contributed by atoms with Gasteiger partial charge in [0.15, 0.2) is 11.9 Å². The van der Waals surface area contributed by atoms with Crippen LogP contribution >= 0.6 is 0 Å². The molecule has 1 saturated heterocycles.